The Morgan fingerprint density at radius 2 is 1.81 bits per heavy atom. The molecule has 0 aliphatic heterocycles. The van der Waals surface area contributed by atoms with E-state index in [0.717, 1.165) is 23.8 Å². The van der Waals surface area contributed by atoms with Crippen molar-refractivity contribution in [2.75, 3.05) is 32.6 Å². The number of methoxy groups -OCH3 is 1. The number of aliphatic imine (C=N–C) groups is 1. The Balaban J connectivity index is 2.02. The van der Waals surface area contributed by atoms with E-state index in [1.165, 1.54) is 16.8 Å². The summed E-state index contributed by atoms with van der Waals surface area (Å²) in [6.07, 6.45) is 0. The first kappa shape index (κ1) is 19.6. The summed E-state index contributed by atoms with van der Waals surface area (Å²) < 4.78 is 5.47. The van der Waals surface area contributed by atoms with Gasteiger partial charge in [0.25, 0.3) is 0 Å². The molecule has 140 valence electrons. The smallest absolute Gasteiger partial charge is 0.191 e. The molecule has 0 fully saturated rings. The van der Waals surface area contributed by atoms with E-state index >= 15 is 0 Å². The lowest BCUT2D eigenvalue weighted by Crippen LogP contribution is -2.36. The van der Waals surface area contributed by atoms with E-state index in [0.29, 0.717) is 13.1 Å². The molecule has 0 saturated heterocycles. The number of benzene rings is 2. The van der Waals surface area contributed by atoms with Crippen molar-refractivity contribution in [3.8, 4) is 5.75 Å². The van der Waals surface area contributed by atoms with E-state index < -0.39 is 0 Å². The van der Waals surface area contributed by atoms with Crippen molar-refractivity contribution < 1.29 is 4.74 Å². The maximum Gasteiger partial charge on any atom is 0.191 e. The molecule has 0 atom stereocenters. The SMILES string of the molecule is CCNC(=NCc1ccc(N(C)C)cc1)NCc1ccc(C)cc1OC. The first-order valence-electron chi connectivity index (χ1n) is 8.95. The molecule has 2 rings (SSSR count). The van der Waals surface area contributed by atoms with Gasteiger partial charge in [-0.1, -0.05) is 24.3 Å². The minimum Gasteiger partial charge on any atom is -0.496 e. The lowest BCUT2D eigenvalue weighted by atomic mass is 10.1. The molecule has 5 heteroatoms. The zero-order valence-electron chi connectivity index (χ0n) is 16.5. The van der Waals surface area contributed by atoms with Crippen molar-refractivity contribution in [3.05, 3.63) is 59.2 Å². The van der Waals surface area contributed by atoms with Crippen LogP contribution in [0.25, 0.3) is 0 Å². The first-order chi connectivity index (χ1) is 12.5. The molecule has 0 aromatic heterocycles. The van der Waals surface area contributed by atoms with Crippen LogP contribution in [-0.2, 0) is 13.1 Å². The third-order valence-corrected chi connectivity index (χ3v) is 4.11. The fourth-order valence-corrected chi connectivity index (χ4v) is 2.59. The van der Waals surface area contributed by atoms with Gasteiger partial charge in [0, 0.05) is 38.4 Å². The summed E-state index contributed by atoms with van der Waals surface area (Å²) >= 11 is 0. The molecular formula is C21H30N4O. The van der Waals surface area contributed by atoms with Gasteiger partial charge in [0.1, 0.15) is 5.75 Å². The van der Waals surface area contributed by atoms with Crippen molar-refractivity contribution in [1.29, 1.82) is 0 Å². The average Bonchev–Trinajstić information content (AvgIpc) is 2.65. The summed E-state index contributed by atoms with van der Waals surface area (Å²) in [4.78, 5) is 6.78. The number of guanidine groups is 1. The second-order valence-corrected chi connectivity index (χ2v) is 6.42. The van der Waals surface area contributed by atoms with Crippen LogP contribution in [0.5, 0.6) is 5.75 Å². The first-order valence-corrected chi connectivity index (χ1v) is 8.95. The van der Waals surface area contributed by atoms with Gasteiger partial charge >= 0.3 is 0 Å². The molecule has 0 unspecified atom stereocenters. The van der Waals surface area contributed by atoms with Gasteiger partial charge in [-0.3, -0.25) is 0 Å². The van der Waals surface area contributed by atoms with Crippen LogP contribution in [0, 0.1) is 6.92 Å². The van der Waals surface area contributed by atoms with E-state index in [1.54, 1.807) is 7.11 Å². The van der Waals surface area contributed by atoms with Crippen LogP contribution in [0.15, 0.2) is 47.5 Å². The van der Waals surface area contributed by atoms with Gasteiger partial charge in [0.2, 0.25) is 0 Å². The molecular weight excluding hydrogens is 324 g/mol. The van der Waals surface area contributed by atoms with Gasteiger partial charge in [-0.25, -0.2) is 4.99 Å². The molecule has 5 nitrogen and oxygen atoms in total. The summed E-state index contributed by atoms with van der Waals surface area (Å²) in [5.41, 5.74) is 4.67. The molecule has 26 heavy (non-hydrogen) atoms. The molecule has 2 N–H and O–H groups in total. The summed E-state index contributed by atoms with van der Waals surface area (Å²) in [5.74, 6) is 1.69. The zero-order chi connectivity index (χ0) is 18.9. The van der Waals surface area contributed by atoms with Gasteiger partial charge < -0.3 is 20.3 Å². The Hall–Kier alpha value is -2.69. The highest BCUT2D eigenvalue weighted by atomic mass is 16.5. The monoisotopic (exact) mass is 354 g/mol. The summed E-state index contributed by atoms with van der Waals surface area (Å²) in [5, 5.41) is 6.67. The number of rotatable bonds is 7. The Morgan fingerprint density at radius 3 is 2.42 bits per heavy atom. The summed E-state index contributed by atoms with van der Waals surface area (Å²) in [6.45, 7) is 6.24. The van der Waals surface area contributed by atoms with Crippen LogP contribution >= 0.6 is 0 Å². The van der Waals surface area contributed by atoms with E-state index in [2.05, 4.69) is 70.8 Å². The van der Waals surface area contributed by atoms with E-state index in [9.17, 15) is 0 Å². The molecule has 0 bridgehead atoms. The third kappa shape index (κ3) is 5.69. The van der Waals surface area contributed by atoms with Crippen LogP contribution in [0.3, 0.4) is 0 Å². The van der Waals surface area contributed by atoms with Crippen LogP contribution in [0.2, 0.25) is 0 Å². The molecule has 0 radical (unpaired) electrons. The van der Waals surface area contributed by atoms with Gasteiger partial charge in [-0.2, -0.15) is 0 Å². The highest BCUT2D eigenvalue weighted by molar-refractivity contribution is 5.79. The van der Waals surface area contributed by atoms with Gasteiger partial charge in [0.15, 0.2) is 5.96 Å². The van der Waals surface area contributed by atoms with Crippen molar-refractivity contribution in [2.45, 2.75) is 26.9 Å². The normalized spacial score (nSPS) is 11.2. The molecule has 0 aliphatic carbocycles. The Morgan fingerprint density at radius 1 is 1.08 bits per heavy atom. The zero-order valence-corrected chi connectivity index (χ0v) is 16.5. The van der Waals surface area contributed by atoms with Crippen LogP contribution < -0.4 is 20.3 Å². The lowest BCUT2D eigenvalue weighted by molar-refractivity contribution is 0.408. The summed E-state index contributed by atoms with van der Waals surface area (Å²) in [7, 11) is 5.79. The standard InChI is InChI=1S/C21H30N4O/c1-6-22-21(23-14-17-8-11-19(12-9-17)25(3)4)24-15-18-10-7-16(2)13-20(18)26-5/h7-13H,6,14-15H2,1-5H3,(H2,22,23,24). The minimum atomic E-state index is 0.633. The van der Waals surface area contributed by atoms with Crippen molar-refractivity contribution in [2.24, 2.45) is 4.99 Å². The second-order valence-electron chi connectivity index (χ2n) is 6.42. The fraction of sp³-hybridized carbons (Fsp3) is 0.381. The number of aryl methyl sites for hydroxylation is 1. The number of nitrogens with one attached hydrogen (secondary N) is 2. The Bertz CT molecular complexity index is 723. The predicted octanol–water partition coefficient (Wildman–Crippen LogP) is 3.32. The van der Waals surface area contributed by atoms with Gasteiger partial charge in [-0.05, 0) is 43.2 Å². The Kier molecular flexibility index (Phi) is 7.33. The molecule has 0 amide bonds. The molecule has 2 aromatic rings. The third-order valence-electron chi connectivity index (χ3n) is 4.11. The number of ether oxygens (including phenoxy) is 1. The second kappa shape index (κ2) is 9.70. The van der Waals surface area contributed by atoms with E-state index in [1.807, 2.05) is 20.2 Å². The predicted molar refractivity (Wildman–Crippen MR) is 110 cm³/mol. The highest BCUT2D eigenvalue weighted by Crippen LogP contribution is 2.19. The quantitative estimate of drug-likeness (QED) is 0.591. The maximum absolute atomic E-state index is 5.47. The van der Waals surface area contributed by atoms with Crippen molar-refractivity contribution in [1.82, 2.24) is 10.6 Å². The maximum atomic E-state index is 5.47. The Labute approximate surface area is 157 Å². The number of hydrogen-bond acceptors (Lipinski definition) is 3. The molecule has 2 aromatic carbocycles. The molecule has 0 saturated carbocycles. The van der Waals surface area contributed by atoms with Crippen LogP contribution in [-0.4, -0.2) is 33.7 Å². The average molecular weight is 354 g/mol. The van der Waals surface area contributed by atoms with E-state index in [4.69, 9.17) is 4.74 Å². The fourth-order valence-electron chi connectivity index (χ4n) is 2.59. The van der Waals surface area contributed by atoms with Crippen LogP contribution in [0.4, 0.5) is 5.69 Å². The van der Waals surface area contributed by atoms with Gasteiger partial charge in [-0.15, -0.1) is 0 Å². The van der Waals surface area contributed by atoms with Crippen molar-refractivity contribution in [3.63, 3.8) is 0 Å². The largest absolute Gasteiger partial charge is 0.496 e. The van der Waals surface area contributed by atoms with Crippen molar-refractivity contribution >= 4 is 11.6 Å². The van der Waals surface area contributed by atoms with Crippen LogP contribution in [0.1, 0.15) is 23.6 Å². The topological polar surface area (TPSA) is 48.9 Å². The lowest BCUT2D eigenvalue weighted by Gasteiger charge is -2.14. The van der Waals surface area contributed by atoms with E-state index in [-0.39, 0.29) is 0 Å². The molecule has 0 spiro atoms. The molecule has 0 heterocycles. The molecule has 0 aliphatic rings. The minimum absolute atomic E-state index is 0.633. The number of anilines is 1. The highest BCUT2D eigenvalue weighted by Gasteiger charge is 2.05. The number of nitrogens with zero attached hydrogens (tertiary/aromatic N) is 2. The number of hydrogen-bond donors (Lipinski definition) is 2. The summed E-state index contributed by atoms with van der Waals surface area (Å²) in [6, 6.07) is 14.7. The van der Waals surface area contributed by atoms with Gasteiger partial charge in [0.05, 0.1) is 13.7 Å².